The Hall–Kier alpha value is -2.89. The van der Waals surface area contributed by atoms with Crippen LogP contribution in [0, 0.1) is 0 Å². The van der Waals surface area contributed by atoms with Gasteiger partial charge in [-0.2, -0.15) is 0 Å². The molecule has 0 aliphatic heterocycles. The number of nitrogens with zero attached hydrogens (tertiary/aromatic N) is 1. The smallest absolute Gasteiger partial charge is 0.394 e. The molecule has 0 saturated carbocycles. The molecule has 0 bridgehead atoms. The summed E-state index contributed by atoms with van der Waals surface area (Å²) in [5.74, 6) is 0.0452. The highest BCUT2D eigenvalue weighted by Crippen LogP contribution is 2.26. The van der Waals surface area contributed by atoms with Crippen LogP contribution in [0.1, 0.15) is 21.2 Å². The van der Waals surface area contributed by atoms with Gasteiger partial charge in [-0.1, -0.05) is 0 Å². The van der Waals surface area contributed by atoms with Crippen LogP contribution in [0.15, 0.2) is 39.2 Å². The van der Waals surface area contributed by atoms with Gasteiger partial charge in [0.25, 0.3) is 0 Å². The summed E-state index contributed by atoms with van der Waals surface area (Å²) in [4.78, 5) is 26.0. The number of carbonyl (C=O) groups is 2. The summed E-state index contributed by atoms with van der Waals surface area (Å²) in [6.07, 6.45) is 0.632. The Bertz CT molecular complexity index is 799. The number of aldehydes is 1. The van der Waals surface area contributed by atoms with Crippen LogP contribution in [0.3, 0.4) is 0 Å². The predicted molar refractivity (Wildman–Crippen MR) is 68.4 cm³/mol. The van der Waals surface area contributed by atoms with E-state index in [1.807, 2.05) is 0 Å². The molecule has 2 heterocycles. The number of aromatic nitrogens is 1. The first-order chi connectivity index (χ1) is 9.71. The van der Waals surface area contributed by atoms with Crippen molar-refractivity contribution in [2.24, 2.45) is 0 Å². The van der Waals surface area contributed by atoms with Gasteiger partial charge in [-0.25, -0.2) is 9.78 Å². The van der Waals surface area contributed by atoms with Gasteiger partial charge in [0.15, 0.2) is 17.6 Å². The van der Waals surface area contributed by atoms with Crippen LogP contribution in [-0.2, 0) is 4.74 Å². The topological polar surface area (TPSA) is 82.5 Å². The van der Waals surface area contributed by atoms with Gasteiger partial charge in [-0.3, -0.25) is 4.79 Å². The van der Waals surface area contributed by atoms with Crippen LogP contribution < -0.4 is 0 Å². The van der Waals surface area contributed by atoms with Crippen molar-refractivity contribution >= 4 is 23.4 Å². The summed E-state index contributed by atoms with van der Waals surface area (Å²) in [5.41, 5.74) is 1.71. The average molecular weight is 271 g/mol. The van der Waals surface area contributed by atoms with Gasteiger partial charge in [0.2, 0.25) is 0 Å². The fourth-order valence-corrected chi connectivity index (χ4v) is 1.83. The van der Waals surface area contributed by atoms with Crippen LogP contribution >= 0.6 is 0 Å². The van der Waals surface area contributed by atoms with Gasteiger partial charge in [0.1, 0.15) is 11.3 Å². The second-order valence-corrected chi connectivity index (χ2v) is 4.01. The highest BCUT2D eigenvalue weighted by Gasteiger charge is 2.15. The quantitative estimate of drug-likeness (QED) is 0.538. The highest BCUT2D eigenvalue weighted by molar-refractivity contribution is 5.89. The van der Waals surface area contributed by atoms with E-state index in [2.05, 4.69) is 9.72 Å². The first-order valence-electron chi connectivity index (χ1n) is 5.75. The largest absolute Gasteiger partial charge is 0.462 e. The van der Waals surface area contributed by atoms with Crippen molar-refractivity contribution < 1.29 is 23.2 Å². The maximum atomic E-state index is 11.3. The molecular weight excluding hydrogens is 262 g/mol. The number of carbonyl (C=O) groups excluding carboxylic acids is 2. The van der Waals surface area contributed by atoms with Crippen molar-refractivity contribution in [3.05, 3.63) is 42.0 Å². The number of oxazole rings is 1. The minimum atomic E-state index is -0.635. The van der Waals surface area contributed by atoms with E-state index in [0.717, 1.165) is 5.56 Å². The number of hydrogen-bond acceptors (Lipinski definition) is 6. The zero-order valence-corrected chi connectivity index (χ0v) is 10.5. The van der Waals surface area contributed by atoms with E-state index in [1.54, 1.807) is 30.3 Å². The van der Waals surface area contributed by atoms with Crippen LogP contribution in [0.25, 0.3) is 22.4 Å². The summed E-state index contributed by atoms with van der Waals surface area (Å²) < 4.78 is 15.1. The fraction of sp³-hybridized carbons (Fsp3) is 0.0714. The van der Waals surface area contributed by atoms with Crippen LogP contribution in [0.2, 0.25) is 0 Å². The second kappa shape index (κ2) is 4.65. The number of ether oxygens (including phenoxy) is 1. The van der Waals surface area contributed by atoms with E-state index in [-0.39, 0.29) is 11.7 Å². The van der Waals surface area contributed by atoms with E-state index >= 15 is 0 Å². The highest BCUT2D eigenvalue weighted by atomic mass is 16.5. The van der Waals surface area contributed by atoms with Crippen molar-refractivity contribution in [3.63, 3.8) is 0 Å². The number of methoxy groups -OCH3 is 1. The van der Waals surface area contributed by atoms with Gasteiger partial charge in [0, 0.05) is 5.56 Å². The maximum absolute atomic E-state index is 11.3. The Morgan fingerprint density at radius 2 is 2.10 bits per heavy atom. The van der Waals surface area contributed by atoms with Crippen molar-refractivity contribution in [3.8, 4) is 11.3 Å². The Kier molecular flexibility index (Phi) is 2.83. The summed E-state index contributed by atoms with van der Waals surface area (Å²) in [7, 11) is 1.26. The maximum Gasteiger partial charge on any atom is 0.394 e. The molecule has 1 aromatic carbocycles. The predicted octanol–water partition coefficient (Wildman–Crippen LogP) is 2.69. The normalized spacial score (nSPS) is 10.7. The second-order valence-electron chi connectivity index (χ2n) is 4.01. The van der Waals surface area contributed by atoms with Gasteiger partial charge in [-0.15, -0.1) is 0 Å². The molecule has 0 N–H and O–H groups in total. The minimum absolute atomic E-state index is 0.104. The fourth-order valence-electron chi connectivity index (χ4n) is 1.83. The molecule has 0 saturated heterocycles. The molecule has 0 aliphatic carbocycles. The number of benzene rings is 1. The molecule has 6 nitrogen and oxygen atoms in total. The van der Waals surface area contributed by atoms with Crippen LogP contribution in [0.4, 0.5) is 0 Å². The Labute approximate surface area is 113 Å². The van der Waals surface area contributed by atoms with Crippen LogP contribution in [-0.4, -0.2) is 24.3 Å². The first kappa shape index (κ1) is 12.2. The van der Waals surface area contributed by atoms with E-state index in [9.17, 15) is 9.59 Å². The van der Waals surface area contributed by atoms with Crippen LogP contribution in [0.5, 0.6) is 0 Å². The summed E-state index contributed by atoms with van der Waals surface area (Å²) in [5, 5.41) is 0. The van der Waals surface area contributed by atoms with Crippen molar-refractivity contribution in [1.82, 2.24) is 4.98 Å². The molecule has 0 aliphatic rings. The lowest BCUT2D eigenvalue weighted by molar-refractivity contribution is 0.0558. The summed E-state index contributed by atoms with van der Waals surface area (Å²) >= 11 is 0. The van der Waals surface area contributed by atoms with Crippen molar-refractivity contribution in [2.45, 2.75) is 0 Å². The number of furan rings is 1. The molecule has 20 heavy (non-hydrogen) atoms. The lowest BCUT2D eigenvalue weighted by Crippen LogP contribution is -2.00. The Balaban J connectivity index is 2.05. The zero-order chi connectivity index (χ0) is 14.1. The minimum Gasteiger partial charge on any atom is -0.462 e. The molecule has 0 atom stereocenters. The third kappa shape index (κ3) is 1.97. The average Bonchev–Trinajstić information content (AvgIpc) is 3.11. The molecule has 100 valence electrons. The molecule has 0 unspecified atom stereocenters. The third-order valence-corrected chi connectivity index (χ3v) is 2.78. The molecule has 0 spiro atoms. The standard InChI is InChI=1S/C14H9NO5/c1-18-14(17)13-15-10-6-8(2-4-12(10)20-13)11-5-3-9(7-16)19-11/h2-7H,1H3. The number of hydrogen-bond donors (Lipinski definition) is 0. The molecule has 3 rings (SSSR count). The number of fused-ring (bicyclic) bond motifs is 1. The van der Waals surface area contributed by atoms with Gasteiger partial charge >= 0.3 is 11.9 Å². The summed E-state index contributed by atoms with van der Waals surface area (Å²) in [6, 6.07) is 8.40. The molecule has 0 fully saturated rings. The first-order valence-corrected chi connectivity index (χ1v) is 5.75. The van der Waals surface area contributed by atoms with Crippen molar-refractivity contribution in [1.29, 1.82) is 0 Å². The van der Waals surface area contributed by atoms with E-state index in [0.29, 0.717) is 23.1 Å². The zero-order valence-electron chi connectivity index (χ0n) is 10.5. The number of esters is 1. The molecule has 0 radical (unpaired) electrons. The van der Waals surface area contributed by atoms with E-state index in [4.69, 9.17) is 8.83 Å². The van der Waals surface area contributed by atoms with E-state index in [1.165, 1.54) is 7.11 Å². The number of rotatable bonds is 3. The lowest BCUT2D eigenvalue weighted by atomic mass is 10.1. The molecular formula is C14H9NO5. The van der Waals surface area contributed by atoms with E-state index < -0.39 is 5.97 Å². The third-order valence-electron chi connectivity index (χ3n) is 2.78. The molecule has 0 amide bonds. The SMILES string of the molecule is COC(=O)c1nc2cc(-c3ccc(C=O)o3)ccc2o1. The Morgan fingerprint density at radius 3 is 2.80 bits per heavy atom. The van der Waals surface area contributed by atoms with Gasteiger partial charge in [-0.05, 0) is 30.3 Å². The lowest BCUT2D eigenvalue weighted by Gasteiger charge is -1.95. The Morgan fingerprint density at radius 1 is 1.25 bits per heavy atom. The summed E-state index contributed by atoms with van der Waals surface area (Å²) in [6.45, 7) is 0. The molecule has 3 aromatic rings. The van der Waals surface area contributed by atoms with Gasteiger partial charge in [0.05, 0.1) is 7.11 Å². The van der Waals surface area contributed by atoms with Crippen molar-refractivity contribution in [2.75, 3.05) is 7.11 Å². The monoisotopic (exact) mass is 271 g/mol. The molecule has 6 heteroatoms. The van der Waals surface area contributed by atoms with Gasteiger partial charge < -0.3 is 13.6 Å². The molecule has 2 aromatic heterocycles.